The summed E-state index contributed by atoms with van der Waals surface area (Å²) in [4.78, 5) is 0. The minimum absolute atomic E-state index is 0.109. The summed E-state index contributed by atoms with van der Waals surface area (Å²) in [6.07, 6.45) is 2.57. The Kier molecular flexibility index (Phi) is 4.46. The topological polar surface area (TPSA) is 29.5 Å². The fourth-order valence-corrected chi connectivity index (χ4v) is 2.66. The van der Waals surface area contributed by atoms with Gasteiger partial charge in [0.1, 0.15) is 0 Å². The molecule has 0 aromatic heterocycles. The van der Waals surface area contributed by atoms with E-state index in [1.54, 1.807) is 19.1 Å². The van der Waals surface area contributed by atoms with Crippen molar-refractivity contribution in [2.45, 2.75) is 52.2 Å². The van der Waals surface area contributed by atoms with Crippen LogP contribution in [0.1, 0.15) is 51.7 Å². The van der Waals surface area contributed by atoms with Crippen LogP contribution in [-0.4, -0.2) is 11.2 Å². The van der Waals surface area contributed by atoms with E-state index in [4.69, 9.17) is 4.74 Å². The van der Waals surface area contributed by atoms with E-state index in [0.717, 1.165) is 25.2 Å². The van der Waals surface area contributed by atoms with Gasteiger partial charge in [-0.25, -0.2) is 4.39 Å². The van der Waals surface area contributed by atoms with Crippen LogP contribution in [-0.2, 0) is 0 Å². The first kappa shape index (κ1) is 14.3. The number of aliphatic hydroxyl groups is 1. The molecule has 0 radical (unpaired) electrons. The van der Waals surface area contributed by atoms with E-state index in [9.17, 15) is 9.50 Å². The van der Waals surface area contributed by atoms with E-state index in [1.807, 2.05) is 0 Å². The third-order valence-corrected chi connectivity index (χ3v) is 4.28. The fourth-order valence-electron chi connectivity index (χ4n) is 2.66. The molecule has 106 valence electrons. The first-order valence-electron chi connectivity index (χ1n) is 7.11. The Hall–Kier alpha value is -1.09. The van der Waals surface area contributed by atoms with Crippen LogP contribution < -0.4 is 4.74 Å². The Labute approximate surface area is 114 Å². The highest BCUT2D eigenvalue weighted by Gasteiger charge is 2.26. The normalized spacial score (nSPS) is 29.0. The van der Waals surface area contributed by atoms with E-state index in [0.29, 0.717) is 17.2 Å². The minimum atomic E-state index is -0.654. The molecule has 1 N–H and O–H groups in total. The van der Waals surface area contributed by atoms with Crippen LogP contribution in [0.3, 0.4) is 0 Å². The molecule has 0 amide bonds. The molecule has 2 rings (SSSR count). The molecule has 0 bridgehead atoms. The van der Waals surface area contributed by atoms with E-state index < -0.39 is 6.10 Å². The molecule has 1 aromatic carbocycles. The monoisotopic (exact) mass is 266 g/mol. The molecule has 3 heteroatoms. The highest BCUT2D eigenvalue weighted by Crippen LogP contribution is 2.32. The number of ether oxygens (including phenoxy) is 1. The lowest BCUT2D eigenvalue weighted by Crippen LogP contribution is -2.29. The Morgan fingerprint density at radius 3 is 2.58 bits per heavy atom. The van der Waals surface area contributed by atoms with Gasteiger partial charge in [-0.3, -0.25) is 0 Å². The molecule has 4 atom stereocenters. The lowest BCUT2D eigenvalue weighted by molar-refractivity contribution is 0.0966. The second kappa shape index (κ2) is 5.91. The molecule has 1 fully saturated rings. The minimum Gasteiger partial charge on any atom is -0.487 e. The van der Waals surface area contributed by atoms with Gasteiger partial charge in [-0.1, -0.05) is 19.9 Å². The summed E-state index contributed by atoms with van der Waals surface area (Å²) >= 11 is 0. The molecule has 1 aromatic rings. The van der Waals surface area contributed by atoms with E-state index in [1.165, 1.54) is 6.07 Å². The SMILES string of the molecule is CC(O)c1ccc(OC2CCC(C)C(C)C2)c(F)c1. The third-order valence-electron chi connectivity index (χ3n) is 4.28. The van der Waals surface area contributed by atoms with E-state index in [2.05, 4.69) is 13.8 Å². The van der Waals surface area contributed by atoms with Gasteiger partial charge in [0.15, 0.2) is 11.6 Å². The van der Waals surface area contributed by atoms with Gasteiger partial charge in [0.05, 0.1) is 12.2 Å². The number of hydrogen-bond acceptors (Lipinski definition) is 2. The van der Waals surface area contributed by atoms with Gasteiger partial charge in [-0.05, 0) is 55.7 Å². The molecular formula is C16H23FO2. The number of benzene rings is 1. The van der Waals surface area contributed by atoms with Crippen molar-refractivity contribution in [3.8, 4) is 5.75 Å². The first-order chi connectivity index (χ1) is 8.97. The maximum Gasteiger partial charge on any atom is 0.165 e. The molecule has 4 unspecified atom stereocenters. The molecule has 0 heterocycles. The Balaban J connectivity index is 2.03. The maximum atomic E-state index is 13.9. The second-order valence-electron chi connectivity index (χ2n) is 5.87. The van der Waals surface area contributed by atoms with Gasteiger partial charge < -0.3 is 9.84 Å². The van der Waals surface area contributed by atoms with Crippen molar-refractivity contribution in [1.82, 2.24) is 0 Å². The predicted octanol–water partition coefficient (Wildman–Crippen LogP) is 4.08. The summed E-state index contributed by atoms with van der Waals surface area (Å²) in [5, 5.41) is 9.42. The van der Waals surface area contributed by atoms with Gasteiger partial charge in [-0.2, -0.15) is 0 Å². The van der Waals surface area contributed by atoms with Crippen LogP contribution in [0, 0.1) is 17.7 Å². The van der Waals surface area contributed by atoms with Gasteiger partial charge in [0.25, 0.3) is 0 Å². The summed E-state index contributed by atoms with van der Waals surface area (Å²) in [7, 11) is 0. The van der Waals surface area contributed by atoms with Crippen LogP contribution in [0.2, 0.25) is 0 Å². The lowest BCUT2D eigenvalue weighted by atomic mass is 9.80. The van der Waals surface area contributed by atoms with Crippen LogP contribution in [0.5, 0.6) is 5.75 Å². The van der Waals surface area contributed by atoms with Crippen molar-refractivity contribution in [2.24, 2.45) is 11.8 Å². The summed E-state index contributed by atoms with van der Waals surface area (Å²) in [6.45, 7) is 6.12. The molecule has 2 nitrogen and oxygen atoms in total. The molecule has 0 saturated heterocycles. The van der Waals surface area contributed by atoms with Crippen molar-refractivity contribution < 1.29 is 14.2 Å². The maximum absolute atomic E-state index is 13.9. The third kappa shape index (κ3) is 3.47. The predicted molar refractivity (Wildman–Crippen MR) is 73.6 cm³/mol. The molecule has 0 spiro atoms. The molecule has 1 aliphatic carbocycles. The zero-order valence-electron chi connectivity index (χ0n) is 11.9. The second-order valence-corrected chi connectivity index (χ2v) is 5.87. The van der Waals surface area contributed by atoms with Crippen LogP contribution in [0.15, 0.2) is 18.2 Å². The van der Waals surface area contributed by atoms with Crippen molar-refractivity contribution in [3.05, 3.63) is 29.6 Å². The Bertz CT molecular complexity index is 431. The van der Waals surface area contributed by atoms with Crippen LogP contribution in [0.25, 0.3) is 0 Å². The van der Waals surface area contributed by atoms with E-state index >= 15 is 0 Å². The number of rotatable bonds is 3. The average Bonchev–Trinajstić information content (AvgIpc) is 2.36. The quantitative estimate of drug-likeness (QED) is 0.893. The molecule has 1 saturated carbocycles. The van der Waals surface area contributed by atoms with Crippen molar-refractivity contribution >= 4 is 0 Å². The van der Waals surface area contributed by atoms with Gasteiger partial charge in [-0.15, -0.1) is 0 Å². The zero-order chi connectivity index (χ0) is 14.0. The van der Waals surface area contributed by atoms with Gasteiger partial charge in [0, 0.05) is 0 Å². The molecule has 0 aliphatic heterocycles. The van der Waals surface area contributed by atoms with Crippen molar-refractivity contribution in [3.63, 3.8) is 0 Å². The summed E-state index contributed by atoms with van der Waals surface area (Å²) in [5.41, 5.74) is 0.579. The largest absolute Gasteiger partial charge is 0.487 e. The van der Waals surface area contributed by atoms with Crippen LogP contribution >= 0.6 is 0 Å². The number of hydrogen-bond donors (Lipinski definition) is 1. The average molecular weight is 266 g/mol. The van der Waals surface area contributed by atoms with E-state index in [-0.39, 0.29) is 11.9 Å². The summed E-state index contributed by atoms with van der Waals surface area (Å²) in [6, 6.07) is 4.70. The lowest BCUT2D eigenvalue weighted by Gasteiger charge is -2.32. The highest BCUT2D eigenvalue weighted by molar-refractivity contribution is 5.30. The Morgan fingerprint density at radius 1 is 1.26 bits per heavy atom. The number of halogens is 1. The van der Waals surface area contributed by atoms with Crippen molar-refractivity contribution in [2.75, 3.05) is 0 Å². The van der Waals surface area contributed by atoms with Gasteiger partial charge in [0.2, 0.25) is 0 Å². The van der Waals surface area contributed by atoms with Gasteiger partial charge >= 0.3 is 0 Å². The summed E-state index contributed by atoms with van der Waals surface area (Å²) in [5.74, 6) is 1.27. The first-order valence-corrected chi connectivity index (χ1v) is 7.11. The standard InChI is InChI=1S/C16H23FO2/c1-10-4-6-14(8-11(10)2)19-16-7-5-13(12(3)18)9-15(16)17/h5,7,9-12,14,18H,4,6,8H2,1-3H3. The smallest absolute Gasteiger partial charge is 0.165 e. The van der Waals surface area contributed by atoms with Crippen molar-refractivity contribution in [1.29, 1.82) is 0 Å². The zero-order valence-corrected chi connectivity index (χ0v) is 11.9. The number of aliphatic hydroxyl groups excluding tert-OH is 1. The molecule has 1 aliphatic rings. The molecular weight excluding hydrogens is 243 g/mol. The fraction of sp³-hybridized carbons (Fsp3) is 0.625. The molecule has 19 heavy (non-hydrogen) atoms. The highest BCUT2D eigenvalue weighted by atomic mass is 19.1. The Morgan fingerprint density at radius 2 is 2.00 bits per heavy atom. The summed E-state index contributed by atoms with van der Waals surface area (Å²) < 4.78 is 19.7. The van der Waals surface area contributed by atoms with Crippen LogP contribution in [0.4, 0.5) is 4.39 Å².